The fourth-order valence-electron chi connectivity index (χ4n) is 2.54. The number of benzene rings is 2. The predicted molar refractivity (Wildman–Crippen MR) is 90.1 cm³/mol. The molecular formula is C17H17BrN2O. The first-order valence-electron chi connectivity index (χ1n) is 7.08. The second kappa shape index (κ2) is 5.90. The Kier molecular flexibility index (Phi) is 3.97. The van der Waals surface area contributed by atoms with Gasteiger partial charge in [-0.3, -0.25) is 4.79 Å². The fraction of sp³-hybridized carbons (Fsp3) is 0.235. The third kappa shape index (κ3) is 3.10. The van der Waals surface area contributed by atoms with Crippen molar-refractivity contribution in [1.29, 1.82) is 0 Å². The number of nitrogens with one attached hydrogen (secondary N) is 2. The van der Waals surface area contributed by atoms with Gasteiger partial charge in [0.25, 0.3) is 5.91 Å². The molecule has 1 heterocycles. The van der Waals surface area contributed by atoms with Crippen LogP contribution in [0.4, 0.5) is 11.4 Å². The minimum Gasteiger partial charge on any atom is -0.385 e. The van der Waals surface area contributed by atoms with E-state index in [2.05, 4.69) is 26.6 Å². The molecular weight excluding hydrogens is 328 g/mol. The standard InChI is InChI=1S/C17H17BrN2O/c1-11-4-6-14(18)10-16(11)20-17(21)13-5-7-15-12(9-13)3-2-8-19-15/h4-7,9-10,19H,2-3,8H2,1H3,(H,20,21). The van der Waals surface area contributed by atoms with Crippen LogP contribution in [0.15, 0.2) is 40.9 Å². The van der Waals surface area contributed by atoms with E-state index < -0.39 is 0 Å². The number of carbonyl (C=O) groups excluding carboxylic acids is 1. The SMILES string of the molecule is Cc1ccc(Br)cc1NC(=O)c1ccc2c(c1)CCCN2. The monoisotopic (exact) mass is 344 g/mol. The number of rotatable bonds is 2. The molecule has 108 valence electrons. The van der Waals surface area contributed by atoms with Gasteiger partial charge in [0.1, 0.15) is 0 Å². The normalized spacial score (nSPS) is 13.2. The molecule has 3 rings (SSSR count). The zero-order valence-corrected chi connectivity index (χ0v) is 13.5. The summed E-state index contributed by atoms with van der Waals surface area (Å²) in [5, 5.41) is 6.34. The first kappa shape index (κ1) is 14.1. The Morgan fingerprint density at radius 1 is 1.24 bits per heavy atom. The number of aryl methyl sites for hydroxylation is 2. The van der Waals surface area contributed by atoms with Gasteiger partial charge in [0.05, 0.1) is 0 Å². The number of carbonyl (C=O) groups is 1. The van der Waals surface area contributed by atoms with Gasteiger partial charge in [0, 0.05) is 28.0 Å². The molecule has 0 saturated carbocycles. The maximum Gasteiger partial charge on any atom is 0.255 e. The third-order valence-corrected chi connectivity index (χ3v) is 4.25. The lowest BCUT2D eigenvalue weighted by atomic mass is 10.0. The van der Waals surface area contributed by atoms with E-state index in [4.69, 9.17) is 0 Å². The number of anilines is 2. The average Bonchev–Trinajstić information content (AvgIpc) is 2.50. The number of fused-ring (bicyclic) bond motifs is 1. The summed E-state index contributed by atoms with van der Waals surface area (Å²) in [6, 6.07) is 11.7. The molecule has 0 spiro atoms. The van der Waals surface area contributed by atoms with Gasteiger partial charge < -0.3 is 10.6 Å². The average molecular weight is 345 g/mol. The van der Waals surface area contributed by atoms with Gasteiger partial charge in [0.2, 0.25) is 0 Å². The van der Waals surface area contributed by atoms with Crippen LogP contribution in [-0.2, 0) is 6.42 Å². The molecule has 2 N–H and O–H groups in total. The van der Waals surface area contributed by atoms with Crippen LogP contribution in [0.25, 0.3) is 0 Å². The molecule has 0 aliphatic carbocycles. The second-order valence-corrected chi connectivity index (χ2v) is 6.23. The first-order valence-corrected chi connectivity index (χ1v) is 7.87. The van der Waals surface area contributed by atoms with Gasteiger partial charge in [-0.25, -0.2) is 0 Å². The van der Waals surface area contributed by atoms with Crippen LogP contribution >= 0.6 is 15.9 Å². The number of hydrogen-bond donors (Lipinski definition) is 2. The second-order valence-electron chi connectivity index (χ2n) is 5.32. The molecule has 1 aliphatic heterocycles. The lowest BCUT2D eigenvalue weighted by molar-refractivity contribution is 0.102. The topological polar surface area (TPSA) is 41.1 Å². The summed E-state index contributed by atoms with van der Waals surface area (Å²) in [6.07, 6.45) is 2.14. The maximum absolute atomic E-state index is 12.4. The lowest BCUT2D eigenvalue weighted by Crippen LogP contribution is -2.16. The van der Waals surface area contributed by atoms with Crippen LogP contribution in [0, 0.1) is 6.92 Å². The van der Waals surface area contributed by atoms with E-state index in [0.29, 0.717) is 5.56 Å². The quantitative estimate of drug-likeness (QED) is 0.849. The highest BCUT2D eigenvalue weighted by Gasteiger charge is 2.13. The molecule has 0 atom stereocenters. The van der Waals surface area contributed by atoms with Crippen molar-refractivity contribution >= 4 is 33.2 Å². The highest BCUT2D eigenvalue weighted by atomic mass is 79.9. The van der Waals surface area contributed by atoms with Crippen molar-refractivity contribution < 1.29 is 4.79 Å². The van der Waals surface area contributed by atoms with Crippen molar-refractivity contribution in [2.24, 2.45) is 0 Å². The Morgan fingerprint density at radius 3 is 2.95 bits per heavy atom. The van der Waals surface area contributed by atoms with Gasteiger partial charge in [-0.05, 0) is 61.2 Å². The molecule has 0 bridgehead atoms. The number of halogens is 1. The van der Waals surface area contributed by atoms with Crippen LogP contribution in [-0.4, -0.2) is 12.5 Å². The lowest BCUT2D eigenvalue weighted by Gasteiger charge is -2.18. The molecule has 1 aliphatic rings. The zero-order valence-electron chi connectivity index (χ0n) is 11.9. The van der Waals surface area contributed by atoms with Crippen molar-refractivity contribution in [2.45, 2.75) is 19.8 Å². The minimum atomic E-state index is -0.0652. The van der Waals surface area contributed by atoms with Gasteiger partial charge >= 0.3 is 0 Å². The molecule has 3 nitrogen and oxygen atoms in total. The summed E-state index contributed by atoms with van der Waals surface area (Å²) in [7, 11) is 0. The summed E-state index contributed by atoms with van der Waals surface area (Å²) in [5.74, 6) is -0.0652. The Labute approximate surface area is 132 Å². The molecule has 4 heteroatoms. The van der Waals surface area contributed by atoms with E-state index >= 15 is 0 Å². The van der Waals surface area contributed by atoms with E-state index in [0.717, 1.165) is 40.8 Å². The first-order chi connectivity index (χ1) is 10.1. The van der Waals surface area contributed by atoms with E-state index in [1.165, 1.54) is 5.56 Å². The Bertz CT molecular complexity index is 697. The fourth-order valence-corrected chi connectivity index (χ4v) is 2.90. The largest absolute Gasteiger partial charge is 0.385 e. The molecule has 0 unspecified atom stereocenters. The van der Waals surface area contributed by atoms with Crippen LogP contribution in [0.2, 0.25) is 0 Å². The number of hydrogen-bond acceptors (Lipinski definition) is 2. The van der Waals surface area contributed by atoms with E-state index in [9.17, 15) is 4.79 Å². The summed E-state index contributed by atoms with van der Waals surface area (Å²) >= 11 is 3.43. The van der Waals surface area contributed by atoms with Crippen molar-refractivity contribution in [2.75, 3.05) is 17.2 Å². The smallest absolute Gasteiger partial charge is 0.255 e. The van der Waals surface area contributed by atoms with Crippen molar-refractivity contribution in [3.63, 3.8) is 0 Å². The highest BCUT2D eigenvalue weighted by molar-refractivity contribution is 9.10. The summed E-state index contributed by atoms with van der Waals surface area (Å²) in [4.78, 5) is 12.4. The van der Waals surface area contributed by atoms with Crippen LogP contribution in [0.1, 0.15) is 27.9 Å². The molecule has 0 fully saturated rings. The van der Waals surface area contributed by atoms with E-state index in [1.807, 2.05) is 43.3 Å². The maximum atomic E-state index is 12.4. The van der Waals surface area contributed by atoms with Gasteiger partial charge in [0.15, 0.2) is 0 Å². The van der Waals surface area contributed by atoms with Crippen LogP contribution in [0.3, 0.4) is 0 Å². The van der Waals surface area contributed by atoms with Crippen molar-refractivity contribution in [1.82, 2.24) is 0 Å². The van der Waals surface area contributed by atoms with Crippen LogP contribution < -0.4 is 10.6 Å². The Hall–Kier alpha value is -1.81. The molecule has 2 aromatic rings. The van der Waals surface area contributed by atoms with Gasteiger partial charge in [-0.1, -0.05) is 22.0 Å². The van der Waals surface area contributed by atoms with Crippen molar-refractivity contribution in [3.05, 3.63) is 57.6 Å². The van der Waals surface area contributed by atoms with E-state index in [1.54, 1.807) is 0 Å². The Balaban J connectivity index is 1.83. The zero-order chi connectivity index (χ0) is 14.8. The highest BCUT2D eigenvalue weighted by Crippen LogP contribution is 2.25. The van der Waals surface area contributed by atoms with E-state index in [-0.39, 0.29) is 5.91 Å². The van der Waals surface area contributed by atoms with Crippen molar-refractivity contribution in [3.8, 4) is 0 Å². The predicted octanol–water partition coefficient (Wildman–Crippen LogP) is 4.37. The Morgan fingerprint density at radius 2 is 2.10 bits per heavy atom. The van der Waals surface area contributed by atoms with Crippen LogP contribution in [0.5, 0.6) is 0 Å². The molecule has 0 radical (unpaired) electrons. The third-order valence-electron chi connectivity index (χ3n) is 3.75. The summed E-state index contributed by atoms with van der Waals surface area (Å²) < 4.78 is 0.957. The molecule has 0 saturated heterocycles. The summed E-state index contributed by atoms with van der Waals surface area (Å²) in [5.41, 5.74) is 4.96. The van der Waals surface area contributed by atoms with Gasteiger partial charge in [-0.15, -0.1) is 0 Å². The molecule has 1 amide bonds. The summed E-state index contributed by atoms with van der Waals surface area (Å²) in [6.45, 7) is 2.99. The van der Waals surface area contributed by atoms with Gasteiger partial charge in [-0.2, -0.15) is 0 Å². The molecule has 21 heavy (non-hydrogen) atoms. The minimum absolute atomic E-state index is 0.0652. The number of amides is 1. The molecule has 0 aromatic heterocycles. The molecule has 2 aromatic carbocycles.